The number of hydrogen-bond acceptors (Lipinski definition) is 4. The second-order valence-electron chi connectivity index (χ2n) is 6.60. The van der Waals surface area contributed by atoms with Gasteiger partial charge in [0.05, 0.1) is 18.4 Å². The molecule has 3 rings (SSSR count). The van der Waals surface area contributed by atoms with Crippen LogP contribution < -0.4 is 4.72 Å². The molecule has 1 saturated carbocycles. The smallest absolute Gasteiger partial charge is 0.337 e. The van der Waals surface area contributed by atoms with Gasteiger partial charge in [-0.2, -0.15) is 0 Å². The van der Waals surface area contributed by atoms with Crippen molar-refractivity contribution >= 4 is 31.9 Å². The van der Waals surface area contributed by atoms with Gasteiger partial charge in [0.15, 0.2) is 0 Å². The van der Waals surface area contributed by atoms with Crippen LogP contribution in [0.5, 0.6) is 0 Å². The van der Waals surface area contributed by atoms with Crippen LogP contribution in [0.3, 0.4) is 0 Å². The zero-order valence-electron chi connectivity index (χ0n) is 14.4. The van der Waals surface area contributed by atoms with E-state index >= 15 is 0 Å². The quantitative estimate of drug-likeness (QED) is 0.673. The summed E-state index contributed by atoms with van der Waals surface area (Å²) in [6.07, 6.45) is 2.28. The second kappa shape index (κ2) is 7.50. The number of nitrogens with one attached hydrogen (secondary N) is 1. The Hall–Kier alpha value is -1.70. The molecule has 1 N–H and O–H groups in total. The average molecular weight is 438 g/mol. The second-order valence-corrected chi connectivity index (χ2v) is 9.18. The van der Waals surface area contributed by atoms with Gasteiger partial charge in [-0.3, -0.25) is 0 Å². The van der Waals surface area contributed by atoms with Gasteiger partial charge in [0.2, 0.25) is 10.0 Å². The van der Waals surface area contributed by atoms with E-state index in [0.29, 0.717) is 17.5 Å². The number of carbonyl (C=O) groups is 1. The molecular weight excluding hydrogens is 418 g/mol. The molecule has 0 saturated heterocycles. The van der Waals surface area contributed by atoms with Crippen LogP contribution in [-0.4, -0.2) is 27.0 Å². The Kier molecular flexibility index (Phi) is 5.50. The summed E-state index contributed by atoms with van der Waals surface area (Å²) in [6.45, 7) is 0. The van der Waals surface area contributed by atoms with Crippen LogP contribution in [0.4, 0.5) is 0 Å². The summed E-state index contributed by atoms with van der Waals surface area (Å²) in [5.41, 5.74) is 1.56. The molecule has 138 valence electrons. The minimum absolute atomic E-state index is 0.171. The first-order valence-electron chi connectivity index (χ1n) is 8.25. The normalized spacial score (nSPS) is 15.5. The maximum Gasteiger partial charge on any atom is 0.337 e. The lowest BCUT2D eigenvalue weighted by atomic mass is 10.1. The zero-order chi connectivity index (χ0) is 18.8. The Balaban J connectivity index is 1.71. The summed E-state index contributed by atoms with van der Waals surface area (Å²) in [4.78, 5) is 11.6. The number of sulfonamides is 1. The fourth-order valence-electron chi connectivity index (χ4n) is 2.96. The Bertz CT molecular complexity index is 923. The molecule has 2 aromatic carbocycles. The third-order valence-corrected chi connectivity index (χ3v) is 6.65. The number of rotatable bonds is 7. The topological polar surface area (TPSA) is 72.5 Å². The molecule has 0 unspecified atom stereocenters. The first kappa shape index (κ1) is 19.1. The summed E-state index contributed by atoms with van der Waals surface area (Å²) in [6, 6.07) is 14.3. The lowest BCUT2D eigenvalue weighted by Gasteiger charge is -2.18. The Morgan fingerprint density at radius 3 is 2.58 bits per heavy atom. The predicted octanol–water partition coefficient (Wildman–Crippen LogP) is 3.43. The van der Waals surface area contributed by atoms with Crippen molar-refractivity contribution in [2.75, 3.05) is 7.11 Å². The van der Waals surface area contributed by atoms with E-state index in [1.165, 1.54) is 7.11 Å². The fourth-order valence-corrected chi connectivity index (χ4v) is 5.01. The van der Waals surface area contributed by atoms with Gasteiger partial charge in [-0.25, -0.2) is 17.9 Å². The van der Waals surface area contributed by atoms with Crippen LogP contribution >= 0.6 is 15.9 Å². The van der Waals surface area contributed by atoms with Crippen LogP contribution in [0.1, 0.15) is 34.3 Å². The summed E-state index contributed by atoms with van der Waals surface area (Å²) < 4.78 is 33.8. The molecule has 7 heteroatoms. The first-order chi connectivity index (χ1) is 12.3. The van der Waals surface area contributed by atoms with Crippen molar-refractivity contribution in [3.63, 3.8) is 0 Å². The average Bonchev–Trinajstić information content (AvgIpc) is 3.34. The monoisotopic (exact) mass is 437 g/mol. The molecule has 0 atom stereocenters. The first-order valence-corrected chi connectivity index (χ1v) is 10.7. The molecule has 0 aliphatic heterocycles. The highest BCUT2D eigenvalue weighted by Gasteiger charge is 2.45. The van der Waals surface area contributed by atoms with Crippen LogP contribution in [0.15, 0.2) is 53.0 Å². The van der Waals surface area contributed by atoms with Crippen molar-refractivity contribution < 1.29 is 17.9 Å². The molecule has 1 aliphatic rings. The molecule has 0 heterocycles. The molecular formula is C19H20BrNO4S. The van der Waals surface area contributed by atoms with E-state index in [0.717, 1.165) is 22.9 Å². The van der Waals surface area contributed by atoms with Crippen molar-refractivity contribution in [2.45, 2.75) is 30.6 Å². The number of halogens is 1. The molecule has 5 nitrogen and oxygen atoms in total. The molecule has 0 bridgehead atoms. The van der Waals surface area contributed by atoms with Crippen LogP contribution in [0.2, 0.25) is 0 Å². The van der Waals surface area contributed by atoms with Gasteiger partial charge < -0.3 is 4.74 Å². The number of esters is 1. The minimum Gasteiger partial charge on any atom is -0.465 e. The van der Waals surface area contributed by atoms with Crippen molar-refractivity contribution in [2.24, 2.45) is 0 Å². The molecule has 1 aliphatic carbocycles. The number of benzene rings is 2. The Morgan fingerprint density at radius 2 is 1.92 bits per heavy atom. The van der Waals surface area contributed by atoms with Crippen LogP contribution in [0, 0.1) is 0 Å². The van der Waals surface area contributed by atoms with Gasteiger partial charge in [0.1, 0.15) is 0 Å². The summed E-state index contributed by atoms with van der Waals surface area (Å²) in [7, 11) is -2.23. The van der Waals surface area contributed by atoms with E-state index in [2.05, 4.69) is 25.4 Å². The maximum atomic E-state index is 12.6. The number of hydrogen-bond donors (Lipinski definition) is 1. The summed E-state index contributed by atoms with van der Waals surface area (Å²) >= 11 is 3.52. The highest BCUT2D eigenvalue weighted by atomic mass is 79.9. The van der Waals surface area contributed by atoms with Crippen molar-refractivity contribution in [1.29, 1.82) is 0 Å². The van der Waals surface area contributed by atoms with Gasteiger partial charge in [0.25, 0.3) is 0 Å². The maximum absolute atomic E-state index is 12.6. The van der Waals surface area contributed by atoms with Gasteiger partial charge in [-0.15, -0.1) is 0 Å². The van der Waals surface area contributed by atoms with Crippen LogP contribution in [-0.2, 0) is 26.9 Å². The Morgan fingerprint density at radius 1 is 1.19 bits per heavy atom. The van der Waals surface area contributed by atoms with Crippen molar-refractivity contribution in [3.8, 4) is 0 Å². The van der Waals surface area contributed by atoms with Gasteiger partial charge in [0, 0.05) is 10.0 Å². The van der Waals surface area contributed by atoms with E-state index in [9.17, 15) is 13.2 Å². The lowest BCUT2D eigenvalue weighted by molar-refractivity contribution is 0.0600. The van der Waals surface area contributed by atoms with E-state index in [1.54, 1.807) is 24.3 Å². The molecule has 0 amide bonds. The molecule has 0 aromatic heterocycles. The predicted molar refractivity (Wildman–Crippen MR) is 103 cm³/mol. The van der Waals surface area contributed by atoms with Crippen molar-refractivity contribution in [1.82, 2.24) is 4.72 Å². The Labute approximate surface area is 161 Å². The fraction of sp³-hybridized carbons (Fsp3) is 0.316. The third-order valence-electron chi connectivity index (χ3n) is 4.42. The lowest BCUT2D eigenvalue weighted by Crippen LogP contribution is -2.39. The summed E-state index contributed by atoms with van der Waals surface area (Å²) in [5, 5.41) is 0. The number of ether oxygens (including phenoxy) is 1. The SMILES string of the molecule is COC(=O)c1cccc(CS(=O)(=O)NC2(Cc3ccccc3Br)CC2)c1. The molecule has 1 fully saturated rings. The van der Waals surface area contributed by atoms with E-state index < -0.39 is 21.5 Å². The highest BCUT2D eigenvalue weighted by molar-refractivity contribution is 9.10. The molecule has 26 heavy (non-hydrogen) atoms. The standard InChI is InChI=1S/C19H20BrNO4S/c1-25-18(22)15-7-4-5-14(11-15)13-26(23,24)21-19(9-10-19)12-16-6-2-3-8-17(16)20/h2-8,11,21H,9-10,12-13H2,1H3. The number of carbonyl (C=O) groups excluding carboxylic acids is 1. The van der Waals surface area contributed by atoms with E-state index in [4.69, 9.17) is 0 Å². The van der Waals surface area contributed by atoms with E-state index in [-0.39, 0.29) is 5.75 Å². The summed E-state index contributed by atoms with van der Waals surface area (Å²) in [5.74, 6) is -0.653. The van der Waals surface area contributed by atoms with Gasteiger partial charge >= 0.3 is 5.97 Å². The van der Waals surface area contributed by atoms with Crippen molar-refractivity contribution in [3.05, 3.63) is 69.7 Å². The third kappa shape index (κ3) is 4.72. The highest BCUT2D eigenvalue weighted by Crippen LogP contribution is 2.40. The van der Waals surface area contributed by atoms with E-state index in [1.807, 2.05) is 24.3 Å². The molecule has 0 radical (unpaired) electrons. The molecule has 0 spiro atoms. The van der Waals surface area contributed by atoms with Gasteiger partial charge in [-0.05, 0) is 48.6 Å². The number of methoxy groups -OCH3 is 1. The van der Waals surface area contributed by atoms with Crippen LogP contribution in [0.25, 0.3) is 0 Å². The minimum atomic E-state index is -3.53. The van der Waals surface area contributed by atoms with Gasteiger partial charge in [-0.1, -0.05) is 46.3 Å². The largest absolute Gasteiger partial charge is 0.465 e. The zero-order valence-corrected chi connectivity index (χ0v) is 16.8. The molecule has 2 aromatic rings.